The van der Waals surface area contributed by atoms with E-state index < -0.39 is 23.8 Å². The molecular formula is C10H10FNO4. The molecule has 0 aliphatic rings. The molecule has 0 saturated heterocycles. The van der Waals surface area contributed by atoms with Crippen molar-refractivity contribution in [1.29, 1.82) is 0 Å². The Bertz CT molecular complexity index is 390. The van der Waals surface area contributed by atoms with Gasteiger partial charge in [0.05, 0.1) is 5.92 Å². The Morgan fingerprint density at radius 3 is 2.25 bits per heavy atom. The highest BCUT2D eigenvalue weighted by Crippen LogP contribution is 2.15. The summed E-state index contributed by atoms with van der Waals surface area (Å²) in [7, 11) is 0. The molecule has 1 aromatic rings. The van der Waals surface area contributed by atoms with Crippen LogP contribution in [-0.2, 0) is 4.79 Å². The van der Waals surface area contributed by atoms with E-state index in [0.29, 0.717) is 5.56 Å². The summed E-state index contributed by atoms with van der Waals surface area (Å²) < 4.78 is 12.6. The van der Waals surface area contributed by atoms with Gasteiger partial charge in [-0.2, -0.15) is 0 Å². The van der Waals surface area contributed by atoms with E-state index in [1.165, 1.54) is 12.1 Å². The Morgan fingerprint density at radius 1 is 1.25 bits per heavy atom. The number of hydrogen-bond donors (Lipinski definition) is 3. The molecular weight excluding hydrogens is 217 g/mol. The number of benzene rings is 1. The Morgan fingerprint density at radius 2 is 1.81 bits per heavy atom. The lowest BCUT2D eigenvalue weighted by molar-refractivity contribution is -0.138. The lowest BCUT2D eigenvalue weighted by atomic mass is 9.99. The van der Waals surface area contributed by atoms with Gasteiger partial charge in [-0.3, -0.25) is 4.79 Å². The van der Waals surface area contributed by atoms with Crippen molar-refractivity contribution in [2.75, 3.05) is 6.54 Å². The highest BCUT2D eigenvalue weighted by atomic mass is 19.1. The summed E-state index contributed by atoms with van der Waals surface area (Å²) in [4.78, 5) is 21.1. The highest BCUT2D eigenvalue weighted by molar-refractivity contribution is 5.77. The molecule has 1 atom stereocenters. The second-order valence-electron chi connectivity index (χ2n) is 3.13. The topological polar surface area (TPSA) is 86.6 Å². The van der Waals surface area contributed by atoms with Crippen molar-refractivity contribution in [3.63, 3.8) is 0 Å². The van der Waals surface area contributed by atoms with E-state index in [1.807, 2.05) is 5.32 Å². The van der Waals surface area contributed by atoms with E-state index in [2.05, 4.69) is 0 Å². The molecule has 0 aromatic heterocycles. The Kier molecular flexibility index (Phi) is 3.82. The largest absolute Gasteiger partial charge is 0.481 e. The van der Waals surface area contributed by atoms with E-state index in [9.17, 15) is 14.0 Å². The Labute approximate surface area is 90.5 Å². The van der Waals surface area contributed by atoms with Crippen LogP contribution < -0.4 is 5.32 Å². The van der Waals surface area contributed by atoms with Gasteiger partial charge in [0.2, 0.25) is 0 Å². The van der Waals surface area contributed by atoms with Gasteiger partial charge in [-0.25, -0.2) is 9.18 Å². The SMILES string of the molecule is O=C(O)NCC(C(=O)O)c1ccc(F)cc1. The van der Waals surface area contributed by atoms with Crippen LogP contribution in [0.4, 0.5) is 9.18 Å². The molecule has 0 aliphatic carbocycles. The van der Waals surface area contributed by atoms with Gasteiger partial charge in [-0.1, -0.05) is 12.1 Å². The molecule has 0 spiro atoms. The minimum atomic E-state index is -1.30. The number of amides is 1. The standard InChI is InChI=1S/C10H10FNO4/c11-7-3-1-6(2-4-7)8(9(13)14)5-12-10(15)16/h1-4,8,12H,5H2,(H,13,14)(H,15,16). The molecule has 1 amide bonds. The smallest absolute Gasteiger partial charge is 0.404 e. The fraction of sp³-hybridized carbons (Fsp3) is 0.200. The van der Waals surface area contributed by atoms with E-state index in [1.54, 1.807) is 0 Å². The molecule has 1 unspecified atom stereocenters. The number of carboxylic acids is 1. The monoisotopic (exact) mass is 227 g/mol. The summed E-state index contributed by atoms with van der Waals surface area (Å²) in [5, 5.41) is 19.2. The zero-order valence-electron chi connectivity index (χ0n) is 8.18. The average molecular weight is 227 g/mol. The van der Waals surface area contributed by atoms with Gasteiger partial charge in [-0.05, 0) is 17.7 Å². The Balaban J connectivity index is 2.81. The quantitative estimate of drug-likeness (QED) is 0.722. The number of carbonyl (C=O) groups is 2. The molecule has 6 heteroatoms. The summed E-state index contributed by atoms with van der Waals surface area (Å²) in [6.07, 6.45) is -1.30. The number of halogens is 1. The van der Waals surface area contributed by atoms with Gasteiger partial charge in [0.1, 0.15) is 5.82 Å². The van der Waals surface area contributed by atoms with Crippen LogP contribution in [0.25, 0.3) is 0 Å². The molecule has 0 radical (unpaired) electrons. The van der Waals surface area contributed by atoms with Crippen LogP contribution in [0.2, 0.25) is 0 Å². The van der Waals surface area contributed by atoms with Crippen molar-refractivity contribution < 1.29 is 24.2 Å². The Hall–Kier alpha value is -2.11. The molecule has 0 heterocycles. The first-order valence-electron chi connectivity index (χ1n) is 4.45. The second-order valence-corrected chi connectivity index (χ2v) is 3.13. The minimum Gasteiger partial charge on any atom is -0.481 e. The fourth-order valence-electron chi connectivity index (χ4n) is 1.23. The molecule has 5 nitrogen and oxygen atoms in total. The second kappa shape index (κ2) is 5.11. The molecule has 1 rings (SSSR count). The maximum atomic E-state index is 12.6. The highest BCUT2D eigenvalue weighted by Gasteiger charge is 2.20. The predicted octanol–water partition coefficient (Wildman–Crippen LogP) is 1.26. The number of rotatable bonds is 4. The van der Waals surface area contributed by atoms with E-state index in [0.717, 1.165) is 12.1 Å². The molecule has 3 N–H and O–H groups in total. The van der Waals surface area contributed by atoms with Gasteiger partial charge in [0.15, 0.2) is 0 Å². The number of carboxylic acid groups (broad SMARTS) is 2. The molecule has 0 bridgehead atoms. The van der Waals surface area contributed by atoms with Crippen LogP contribution in [0, 0.1) is 5.82 Å². The molecule has 0 fully saturated rings. The summed E-state index contributed by atoms with van der Waals surface area (Å²) in [5.74, 6) is -2.66. The lowest BCUT2D eigenvalue weighted by Gasteiger charge is -2.12. The van der Waals surface area contributed by atoms with Crippen molar-refractivity contribution >= 4 is 12.1 Å². The zero-order chi connectivity index (χ0) is 12.1. The van der Waals surface area contributed by atoms with Crippen LogP contribution in [-0.4, -0.2) is 28.8 Å². The van der Waals surface area contributed by atoms with Crippen molar-refractivity contribution in [2.45, 2.75) is 5.92 Å². The maximum absolute atomic E-state index is 12.6. The zero-order valence-corrected chi connectivity index (χ0v) is 8.18. The molecule has 0 saturated carbocycles. The van der Waals surface area contributed by atoms with Crippen LogP contribution in [0.15, 0.2) is 24.3 Å². The molecule has 86 valence electrons. The normalized spacial score (nSPS) is 11.8. The third kappa shape index (κ3) is 3.23. The first-order chi connectivity index (χ1) is 7.50. The van der Waals surface area contributed by atoms with Crippen LogP contribution in [0.1, 0.15) is 11.5 Å². The van der Waals surface area contributed by atoms with E-state index in [4.69, 9.17) is 10.2 Å². The van der Waals surface area contributed by atoms with E-state index >= 15 is 0 Å². The predicted molar refractivity (Wildman–Crippen MR) is 52.8 cm³/mol. The van der Waals surface area contributed by atoms with Crippen LogP contribution >= 0.6 is 0 Å². The summed E-state index contributed by atoms with van der Waals surface area (Å²) in [5.41, 5.74) is 0.350. The van der Waals surface area contributed by atoms with Crippen molar-refractivity contribution in [1.82, 2.24) is 5.32 Å². The number of nitrogens with one attached hydrogen (secondary N) is 1. The number of hydrogen-bond acceptors (Lipinski definition) is 2. The third-order valence-corrected chi connectivity index (χ3v) is 2.03. The summed E-state index contributed by atoms with van der Waals surface area (Å²) >= 11 is 0. The van der Waals surface area contributed by atoms with Crippen molar-refractivity contribution in [2.24, 2.45) is 0 Å². The lowest BCUT2D eigenvalue weighted by Crippen LogP contribution is -2.30. The fourth-order valence-corrected chi connectivity index (χ4v) is 1.23. The van der Waals surface area contributed by atoms with E-state index in [-0.39, 0.29) is 6.54 Å². The molecule has 0 aliphatic heterocycles. The summed E-state index contributed by atoms with van der Waals surface area (Å²) in [6, 6.07) is 4.90. The minimum absolute atomic E-state index is 0.254. The van der Waals surface area contributed by atoms with Gasteiger partial charge in [-0.15, -0.1) is 0 Å². The van der Waals surface area contributed by atoms with Gasteiger partial charge < -0.3 is 15.5 Å². The van der Waals surface area contributed by atoms with Crippen molar-refractivity contribution in [3.8, 4) is 0 Å². The maximum Gasteiger partial charge on any atom is 0.404 e. The van der Waals surface area contributed by atoms with Crippen LogP contribution in [0.3, 0.4) is 0 Å². The third-order valence-electron chi connectivity index (χ3n) is 2.03. The van der Waals surface area contributed by atoms with Crippen molar-refractivity contribution in [3.05, 3.63) is 35.6 Å². The first kappa shape index (κ1) is 12.0. The van der Waals surface area contributed by atoms with Gasteiger partial charge >= 0.3 is 12.1 Å². The van der Waals surface area contributed by atoms with Crippen LogP contribution in [0.5, 0.6) is 0 Å². The number of aliphatic carboxylic acids is 1. The van der Waals surface area contributed by atoms with Gasteiger partial charge in [0.25, 0.3) is 0 Å². The first-order valence-corrected chi connectivity index (χ1v) is 4.45. The average Bonchev–Trinajstić information content (AvgIpc) is 2.20. The van der Waals surface area contributed by atoms with Gasteiger partial charge in [0, 0.05) is 6.54 Å². The molecule has 16 heavy (non-hydrogen) atoms. The molecule has 1 aromatic carbocycles. The summed E-state index contributed by atoms with van der Waals surface area (Å²) in [6.45, 7) is -0.254.